The Kier molecular flexibility index (Phi) is 8.98. The number of ether oxygens (including phenoxy) is 1. The van der Waals surface area contributed by atoms with Crippen molar-refractivity contribution < 1.29 is 4.74 Å². The molecule has 3 aromatic rings. The number of guanidine groups is 1. The molecule has 1 atom stereocenters. The molecule has 0 saturated heterocycles. The highest BCUT2D eigenvalue weighted by molar-refractivity contribution is 14.0. The molecule has 0 fully saturated rings. The Hall–Kier alpha value is -2.55. The van der Waals surface area contributed by atoms with Crippen molar-refractivity contribution >= 4 is 29.9 Å². The van der Waals surface area contributed by atoms with E-state index in [1.54, 1.807) is 7.11 Å². The van der Waals surface area contributed by atoms with Crippen molar-refractivity contribution in [3.63, 3.8) is 0 Å². The minimum atomic E-state index is 0. The molecule has 6 nitrogen and oxygen atoms in total. The summed E-state index contributed by atoms with van der Waals surface area (Å²) in [4.78, 5) is 4.68. The average molecular weight is 505 g/mol. The number of benzene rings is 2. The van der Waals surface area contributed by atoms with Crippen LogP contribution >= 0.6 is 24.0 Å². The fourth-order valence-corrected chi connectivity index (χ4v) is 2.83. The topological polar surface area (TPSA) is 63.5 Å². The Bertz CT molecular complexity index is 893. The summed E-state index contributed by atoms with van der Waals surface area (Å²) in [6, 6.07) is 20.3. The van der Waals surface area contributed by atoms with Crippen molar-refractivity contribution in [2.24, 2.45) is 4.99 Å². The summed E-state index contributed by atoms with van der Waals surface area (Å²) in [7, 11) is 1.66. The first-order valence-electron chi connectivity index (χ1n) is 9.48. The first kappa shape index (κ1) is 22.7. The van der Waals surface area contributed by atoms with Crippen molar-refractivity contribution in [1.29, 1.82) is 0 Å². The third kappa shape index (κ3) is 6.49. The van der Waals surface area contributed by atoms with Crippen molar-refractivity contribution in [1.82, 2.24) is 20.4 Å². The van der Waals surface area contributed by atoms with Gasteiger partial charge in [-0.05, 0) is 49.7 Å². The summed E-state index contributed by atoms with van der Waals surface area (Å²) in [5, 5.41) is 11.4. The molecule has 0 aliphatic carbocycles. The van der Waals surface area contributed by atoms with Crippen LogP contribution in [0.1, 0.15) is 31.1 Å². The fourth-order valence-electron chi connectivity index (χ4n) is 2.83. The van der Waals surface area contributed by atoms with E-state index in [0.717, 1.165) is 29.6 Å². The predicted molar refractivity (Wildman–Crippen MR) is 128 cm³/mol. The highest BCUT2D eigenvalue weighted by Crippen LogP contribution is 2.15. The molecule has 0 radical (unpaired) electrons. The Morgan fingerprint density at radius 1 is 1.10 bits per heavy atom. The number of nitrogens with one attached hydrogen (secondary N) is 2. The maximum atomic E-state index is 5.20. The molecule has 7 heteroatoms. The largest absolute Gasteiger partial charge is 0.497 e. The van der Waals surface area contributed by atoms with Gasteiger partial charge in [0.15, 0.2) is 5.96 Å². The van der Waals surface area contributed by atoms with Gasteiger partial charge in [-0.1, -0.05) is 30.3 Å². The Balaban J connectivity index is 0.00000300. The molecule has 29 heavy (non-hydrogen) atoms. The number of halogens is 1. The van der Waals surface area contributed by atoms with Crippen LogP contribution in [0.25, 0.3) is 5.69 Å². The first-order valence-corrected chi connectivity index (χ1v) is 9.48. The molecule has 2 N–H and O–H groups in total. The molecule has 154 valence electrons. The molecule has 0 aliphatic heterocycles. The number of aromatic nitrogens is 2. The zero-order chi connectivity index (χ0) is 19.8. The maximum absolute atomic E-state index is 5.20. The monoisotopic (exact) mass is 505 g/mol. The van der Waals surface area contributed by atoms with E-state index in [1.807, 2.05) is 59.4 Å². The van der Waals surface area contributed by atoms with Crippen LogP contribution in [0.2, 0.25) is 0 Å². The number of hydrogen-bond donors (Lipinski definition) is 2. The summed E-state index contributed by atoms with van der Waals surface area (Å²) in [5.74, 6) is 1.60. The van der Waals surface area contributed by atoms with Gasteiger partial charge in [-0.25, -0.2) is 9.67 Å². The Morgan fingerprint density at radius 2 is 1.83 bits per heavy atom. The minimum absolute atomic E-state index is 0. The highest BCUT2D eigenvalue weighted by Gasteiger charge is 2.08. The molecule has 0 bridgehead atoms. The van der Waals surface area contributed by atoms with Crippen molar-refractivity contribution in [2.45, 2.75) is 26.4 Å². The van der Waals surface area contributed by atoms with Crippen LogP contribution in [-0.2, 0) is 6.54 Å². The van der Waals surface area contributed by atoms with Crippen molar-refractivity contribution in [3.8, 4) is 11.4 Å². The molecule has 1 heterocycles. The van der Waals surface area contributed by atoms with E-state index in [9.17, 15) is 0 Å². The van der Waals surface area contributed by atoms with Crippen LogP contribution in [-0.4, -0.2) is 29.4 Å². The van der Waals surface area contributed by atoms with Crippen LogP contribution < -0.4 is 15.4 Å². The van der Waals surface area contributed by atoms with Crippen LogP contribution in [0.5, 0.6) is 5.75 Å². The van der Waals surface area contributed by atoms with Gasteiger partial charge in [-0.15, -0.1) is 24.0 Å². The molecule has 0 amide bonds. The molecule has 0 aliphatic rings. The van der Waals surface area contributed by atoms with Crippen molar-refractivity contribution in [2.75, 3.05) is 13.7 Å². The zero-order valence-electron chi connectivity index (χ0n) is 17.0. The van der Waals surface area contributed by atoms with E-state index in [0.29, 0.717) is 6.54 Å². The lowest BCUT2D eigenvalue weighted by Crippen LogP contribution is -2.38. The fraction of sp³-hybridized carbons (Fsp3) is 0.273. The molecule has 1 unspecified atom stereocenters. The molecule has 3 rings (SSSR count). The lowest BCUT2D eigenvalue weighted by Gasteiger charge is -2.18. The van der Waals surface area contributed by atoms with Gasteiger partial charge in [-0.2, -0.15) is 5.10 Å². The number of aliphatic imine (C=N–C) groups is 1. The van der Waals surface area contributed by atoms with Gasteiger partial charge in [-0.3, -0.25) is 0 Å². The van der Waals surface area contributed by atoms with E-state index in [1.165, 1.54) is 5.56 Å². The Labute approximate surface area is 189 Å². The normalized spacial score (nSPS) is 12.0. The van der Waals surface area contributed by atoms with Gasteiger partial charge in [0, 0.05) is 12.7 Å². The quantitative estimate of drug-likeness (QED) is 0.285. The lowest BCUT2D eigenvalue weighted by atomic mass is 10.1. The van der Waals surface area contributed by atoms with Gasteiger partial charge >= 0.3 is 0 Å². The van der Waals surface area contributed by atoms with E-state index in [4.69, 9.17) is 4.74 Å². The van der Waals surface area contributed by atoms with Crippen LogP contribution in [0.4, 0.5) is 0 Å². The number of nitrogens with zero attached hydrogens (tertiary/aromatic N) is 3. The van der Waals surface area contributed by atoms with Crippen LogP contribution in [0.3, 0.4) is 0 Å². The average Bonchev–Trinajstić information content (AvgIpc) is 3.22. The maximum Gasteiger partial charge on any atom is 0.192 e. The second-order valence-electron chi connectivity index (χ2n) is 6.42. The minimum Gasteiger partial charge on any atom is -0.497 e. The van der Waals surface area contributed by atoms with Crippen molar-refractivity contribution in [3.05, 3.63) is 78.1 Å². The van der Waals surface area contributed by atoms with Gasteiger partial charge in [0.2, 0.25) is 0 Å². The molecule has 2 aromatic carbocycles. The highest BCUT2D eigenvalue weighted by atomic mass is 127. The number of methoxy groups -OCH3 is 1. The third-order valence-corrected chi connectivity index (χ3v) is 4.38. The molecular weight excluding hydrogens is 477 g/mol. The predicted octanol–water partition coefficient (Wildman–Crippen LogP) is 4.32. The van der Waals surface area contributed by atoms with Gasteiger partial charge in [0.1, 0.15) is 5.75 Å². The zero-order valence-corrected chi connectivity index (χ0v) is 19.3. The number of hydrogen-bond acceptors (Lipinski definition) is 3. The summed E-state index contributed by atoms with van der Waals surface area (Å²) < 4.78 is 7.04. The van der Waals surface area contributed by atoms with Crippen LogP contribution in [0, 0.1) is 0 Å². The first-order chi connectivity index (χ1) is 13.7. The lowest BCUT2D eigenvalue weighted by molar-refractivity contribution is 0.414. The standard InChI is InChI=1S/C22H27N5O.HI/c1-4-23-22(25-17(2)18-8-6-5-7-9-18)24-16-19-14-15-27(26-19)20-10-12-21(28-3)13-11-20;/h5-15,17H,4,16H2,1-3H3,(H2,23,24,25);1H. The van der Waals surface area contributed by atoms with Gasteiger partial charge < -0.3 is 15.4 Å². The molecular formula is C22H28IN5O. The second kappa shape index (κ2) is 11.5. The van der Waals surface area contributed by atoms with E-state index in [-0.39, 0.29) is 30.0 Å². The smallest absolute Gasteiger partial charge is 0.192 e. The molecule has 0 spiro atoms. The molecule has 1 aromatic heterocycles. The van der Waals surface area contributed by atoms with E-state index in [2.05, 4.69) is 46.7 Å². The van der Waals surface area contributed by atoms with E-state index < -0.39 is 0 Å². The second-order valence-corrected chi connectivity index (χ2v) is 6.42. The summed E-state index contributed by atoms with van der Waals surface area (Å²) in [5.41, 5.74) is 3.11. The van der Waals surface area contributed by atoms with Crippen LogP contribution in [0.15, 0.2) is 71.9 Å². The Morgan fingerprint density at radius 3 is 2.48 bits per heavy atom. The summed E-state index contributed by atoms with van der Waals surface area (Å²) >= 11 is 0. The van der Waals surface area contributed by atoms with Gasteiger partial charge in [0.05, 0.1) is 31.1 Å². The summed E-state index contributed by atoms with van der Waals surface area (Å²) in [6.45, 7) is 5.48. The third-order valence-electron chi connectivity index (χ3n) is 4.38. The van der Waals surface area contributed by atoms with E-state index >= 15 is 0 Å². The summed E-state index contributed by atoms with van der Waals surface area (Å²) in [6.07, 6.45) is 1.94. The molecule has 0 saturated carbocycles. The number of rotatable bonds is 7. The van der Waals surface area contributed by atoms with Gasteiger partial charge in [0.25, 0.3) is 0 Å². The SMILES string of the molecule is CCNC(=NCc1ccn(-c2ccc(OC)cc2)n1)NC(C)c1ccccc1.I.